The van der Waals surface area contributed by atoms with E-state index < -0.39 is 0 Å². The number of aromatic nitrogens is 1. The average molecular weight is 409 g/mol. The first-order valence-corrected chi connectivity index (χ1v) is 11.4. The maximum absolute atomic E-state index is 13.1. The van der Waals surface area contributed by atoms with Crippen LogP contribution in [-0.2, 0) is 25.9 Å². The Morgan fingerprint density at radius 3 is 2.76 bits per heavy atom. The smallest absolute Gasteiger partial charge is 0.254 e. The summed E-state index contributed by atoms with van der Waals surface area (Å²) in [5.41, 5.74) is 4.21. The molecule has 0 aliphatic carbocycles. The van der Waals surface area contributed by atoms with Gasteiger partial charge in [-0.05, 0) is 49.8 Å². The quantitative estimate of drug-likeness (QED) is 0.766. The second kappa shape index (κ2) is 8.25. The Labute approximate surface area is 177 Å². The molecule has 2 aromatic rings. The summed E-state index contributed by atoms with van der Waals surface area (Å²) in [6, 6.07) is 6.70. The van der Waals surface area contributed by atoms with Gasteiger partial charge in [-0.25, -0.2) is 0 Å². The fourth-order valence-corrected chi connectivity index (χ4v) is 5.28. The van der Waals surface area contributed by atoms with Crippen molar-refractivity contribution < 1.29 is 4.79 Å². The highest BCUT2D eigenvalue weighted by molar-refractivity contribution is 7.10. The Kier molecular flexibility index (Phi) is 5.71. The van der Waals surface area contributed by atoms with Crippen LogP contribution >= 0.6 is 11.3 Å². The van der Waals surface area contributed by atoms with E-state index in [1.54, 1.807) is 11.3 Å². The summed E-state index contributed by atoms with van der Waals surface area (Å²) in [5.74, 6) is 0.146. The van der Waals surface area contributed by atoms with Crippen LogP contribution in [0.4, 0.5) is 0 Å². The number of piperidine rings is 1. The number of nitrogens with zero attached hydrogens (tertiary/aromatic N) is 4. The maximum atomic E-state index is 13.1. The number of amides is 1. The lowest BCUT2D eigenvalue weighted by Gasteiger charge is -2.35. The van der Waals surface area contributed by atoms with Crippen molar-refractivity contribution in [1.29, 1.82) is 5.26 Å². The summed E-state index contributed by atoms with van der Waals surface area (Å²) < 4.78 is 0. The summed E-state index contributed by atoms with van der Waals surface area (Å²) in [6.07, 6.45) is 5.43. The van der Waals surface area contributed by atoms with Gasteiger partial charge in [0.2, 0.25) is 0 Å². The number of carbonyl (C=O) groups excluding carboxylic acids is 1. The molecule has 6 heteroatoms. The van der Waals surface area contributed by atoms with Crippen LogP contribution in [0, 0.1) is 16.7 Å². The number of hydrogen-bond acceptors (Lipinski definition) is 5. The zero-order valence-corrected chi connectivity index (χ0v) is 18.1. The summed E-state index contributed by atoms with van der Waals surface area (Å²) in [6.45, 7) is 8.19. The van der Waals surface area contributed by atoms with Crippen molar-refractivity contribution in [3.8, 4) is 6.07 Å². The Morgan fingerprint density at radius 1 is 1.31 bits per heavy atom. The average Bonchev–Trinajstić information content (AvgIpc) is 3.17. The highest BCUT2D eigenvalue weighted by atomic mass is 32.1. The number of aryl methyl sites for hydroxylation is 1. The molecule has 152 valence electrons. The first-order valence-electron chi connectivity index (χ1n) is 10.5. The molecule has 1 fully saturated rings. The normalized spacial score (nSPS) is 18.9. The lowest BCUT2D eigenvalue weighted by Crippen LogP contribution is -2.42. The lowest BCUT2D eigenvalue weighted by atomic mass is 9.82. The maximum Gasteiger partial charge on any atom is 0.254 e. The Morgan fingerprint density at radius 2 is 2.10 bits per heavy atom. The predicted octanol–water partition coefficient (Wildman–Crippen LogP) is 4.03. The van der Waals surface area contributed by atoms with E-state index in [9.17, 15) is 10.1 Å². The molecule has 0 bridgehead atoms. The molecule has 2 aliphatic heterocycles. The van der Waals surface area contributed by atoms with Gasteiger partial charge in [-0.15, -0.1) is 11.3 Å². The Bertz CT molecular complexity index is 919. The lowest BCUT2D eigenvalue weighted by molar-refractivity contribution is 0.0660. The molecule has 0 saturated carbocycles. The fourth-order valence-electron chi connectivity index (χ4n) is 4.17. The molecule has 29 heavy (non-hydrogen) atoms. The topological polar surface area (TPSA) is 60.2 Å². The number of nitriles is 1. The van der Waals surface area contributed by atoms with Gasteiger partial charge in [0.25, 0.3) is 5.91 Å². The molecule has 4 rings (SSSR count). The van der Waals surface area contributed by atoms with Crippen molar-refractivity contribution in [2.24, 2.45) is 5.41 Å². The number of fused-ring (bicyclic) bond motifs is 1. The molecule has 0 N–H and O–H groups in total. The van der Waals surface area contributed by atoms with E-state index in [-0.39, 0.29) is 11.3 Å². The van der Waals surface area contributed by atoms with Gasteiger partial charge in [0.1, 0.15) is 0 Å². The van der Waals surface area contributed by atoms with Crippen molar-refractivity contribution in [3.05, 3.63) is 51.0 Å². The monoisotopic (exact) mass is 408 g/mol. The van der Waals surface area contributed by atoms with E-state index in [0.29, 0.717) is 13.1 Å². The van der Waals surface area contributed by atoms with Gasteiger partial charge in [-0.3, -0.25) is 14.7 Å². The minimum Gasteiger partial charge on any atom is -0.339 e. The molecule has 2 aliphatic rings. The minimum atomic E-state index is -0.283. The summed E-state index contributed by atoms with van der Waals surface area (Å²) in [5, 5.41) is 11.4. The third-order valence-electron chi connectivity index (χ3n) is 6.36. The van der Waals surface area contributed by atoms with Crippen molar-refractivity contribution in [1.82, 2.24) is 14.8 Å². The van der Waals surface area contributed by atoms with Crippen molar-refractivity contribution in [2.75, 3.05) is 19.6 Å². The molecule has 0 spiro atoms. The number of thiophene rings is 1. The highest BCUT2D eigenvalue weighted by Crippen LogP contribution is 2.33. The molecule has 1 saturated heterocycles. The van der Waals surface area contributed by atoms with Gasteiger partial charge in [-0.1, -0.05) is 13.0 Å². The molecule has 2 aromatic heterocycles. The molecule has 0 unspecified atom stereocenters. The summed E-state index contributed by atoms with van der Waals surface area (Å²) in [4.78, 5) is 23.3. The highest BCUT2D eigenvalue weighted by Gasteiger charge is 2.33. The molecule has 4 heterocycles. The molecule has 0 radical (unpaired) electrons. The van der Waals surface area contributed by atoms with Gasteiger partial charge in [0, 0.05) is 49.2 Å². The standard InChI is InChI=1S/C23H28N4OS/c1-3-17-4-5-18(25-12-17)13-26-9-6-19-20(15-29-21(19)14-26)22(28)27-10-7-23(2,16-24)8-11-27/h4-5,12,15H,3,6-11,13-14H2,1-2H3. The molecular weight excluding hydrogens is 380 g/mol. The van der Waals surface area contributed by atoms with Crippen LogP contribution in [0.5, 0.6) is 0 Å². The zero-order chi connectivity index (χ0) is 20.4. The van der Waals surface area contributed by atoms with Gasteiger partial charge in [0.05, 0.1) is 22.7 Å². The van der Waals surface area contributed by atoms with Crippen molar-refractivity contribution in [2.45, 2.75) is 52.6 Å². The van der Waals surface area contributed by atoms with E-state index >= 15 is 0 Å². The van der Waals surface area contributed by atoms with Crippen LogP contribution in [0.25, 0.3) is 0 Å². The van der Waals surface area contributed by atoms with E-state index in [4.69, 9.17) is 0 Å². The second-order valence-corrected chi connectivity index (χ2v) is 9.45. The molecular formula is C23H28N4OS. The van der Waals surface area contributed by atoms with Crippen LogP contribution in [0.15, 0.2) is 23.7 Å². The SMILES string of the molecule is CCc1ccc(CN2CCc3c(C(=O)N4CCC(C)(C#N)CC4)csc3C2)nc1. The Balaban J connectivity index is 1.40. The first-order chi connectivity index (χ1) is 14.0. The molecule has 5 nitrogen and oxygen atoms in total. The van der Waals surface area contributed by atoms with E-state index in [0.717, 1.165) is 56.6 Å². The van der Waals surface area contributed by atoms with Crippen LogP contribution in [0.3, 0.4) is 0 Å². The second-order valence-electron chi connectivity index (χ2n) is 8.49. The van der Waals surface area contributed by atoms with Gasteiger partial charge in [0.15, 0.2) is 0 Å². The van der Waals surface area contributed by atoms with Crippen LogP contribution in [-0.4, -0.2) is 40.3 Å². The molecule has 0 atom stereocenters. The van der Waals surface area contributed by atoms with Crippen molar-refractivity contribution in [3.63, 3.8) is 0 Å². The number of pyridine rings is 1. The van der Waals surface area contributed by atoms with E-state index in [2.05, 4.69) is 35.0 Å². The third kappa shape index (κ3) is 4.22. The Hall–Kier alpha value is -2.23. The first kappa shape index (κ1) is 20.1. The number of hydrogen-bond donors (Lipinski definition) is 0. The number of likely N-dealkylation sites (tertiary alicyclic amines) is 1. The summed E-state index contributed by atoms with van der Waals surface area (Å²) in [7, 11) is 0. The fraction of sp³-hybridized carbons (Fsp3) is 0.522. The van der Waals surface area contributed by atoms with Gasteiger partial charge < -0.3 is 4.90 Å². The van der Waals surface area contributed by atoms with Crippen LogP contribution in [0.2, 0.25) is 0 Å². The minimum absolute atomic E-state index is 0.146. The van der Waals surface area contributed by atoms with E-state index in [1.807, 2.05) is 23.4 Å². The molecule has 1 amide bonds. The predicted molar refractivity (Wildman–Crippen MR) is 115 cm³/mol. The van der Waals surface area contributed by atoms with Crippen LogP contribution < -0.4 is 0 Å². The largest absolute Gasteiger partial charge is 0.339 e. The molecule has 0 aromatic carbocycles. The zero-order valence-electron chi connectivity index (χ0n) is 17.3. The van der Waals surface area contributed by atoms with Gasteiger partial charge >= 0.3 is 0 Å². The summed E-state index contributed by atoms with van der Waals surface area (Å²) >= 11 is 1.71. The number of rotatable bonds is 4. The van der Waals surface area contributed by atoms with E-state index in [1.165, 1.54) is 16.0 Å². The van der Waals surface area contributed by atoms with Crippen molar-refractivity contribution >= 4 is 17.2 Å². The van der Waals surface area contributed by atoms with Crippen LogP contribution in [0.1, 0.15) is 58.7 Å². The number of carbonyl (C=O) groups is 1. The third-order valence-corrected chi connectivity index (χ3v) is 7.37. The van der Waals surface area contributed by atoms with Gasteiger partial charge in [-0.2, -0.15) is 5.26 Å².